The summed E-state index contributed by atoms with van der Waals surface area (Å²) in [6, 6.07) is 12.5. The van der Waals surface area contributed by atoms with Gasteiger partial charge in [-0.25, -0.2) is 4.39 Å². The summed E-state index contributed by atoms with van der Waals surface area (Å²) in [6.45, 7) is 0.881. The van der Waals surface area contributed by atoms with Gasteiger partial charge in [0.2, 0.25) is 0 Å². The molecule has 2 aromatic rings. The van der Waals surface area contributed by atoms with Crippen molar-refractivity contribution in [3.8, 4) is 0 Å². The van der Waals surface area contributed by atoms with E-state index in [4.69, 9.17) is 5.73 Å². The van der Waals surface area contributed by atoms with E-state index in [9.17, 15) is 9.18 Å². The molecule has 0 saturated heterocycles. The summed E-state index contributed by atoms with van der Waals surface area (Å²) in [7, 11) is 0. The number of hydrogen-bond donors (Lipinski definition) is 1. The van der Waals surface area contributed by atoms with Gasteiger partial charge in [0.1, 0.15) is 0 Å². The third-order valence-corrected chi connectivity index (χ3v) is 3.88. The summed E-state index contributed by atoms with van der Waals surface area (Å²) in [6.07, 6.45) is 1.75. The first-order valence-corrected chi connectivity index (χ1v) is 7.07. The molecule has 2 aromatic carbocycles. The Balaban J connectivity index is 1.90. The lowest BCUT2D eigenvalue weighted by Crippen LogP contribution is -2.30. The maximum absolute atomic E-state index is 14.0. The number of anilines is 1. The van der Waals surface area contributed by atoms with Gasteiger partial charge in [0.05, 0.1) is 5.69 Å². The minimum Gasteiger partial charge on any atom is -0.396 e. The zero-order valence-electron chi connectivity index (χ0n) is 11.7. The van der Waals surface area contributed by atoms with Crippen LogP contribution < -0.4 is 5.73 Å². The highest BCUT2D eigenvalue weighted by Crippen LogP contribution is 2.22. The van der Waals surface area contributed by atoms with Crippen molar-refractivity contribution in [2.75, 3.05) is 12.3 Å². The van der Waals surface area contributed by atoms with E-state index in [1.807, 2.05) is 24.3 Å². The number of hydrogen-bond acceptors (Lipinski definition) is 2. The van der Waals surface area contributed by atoms with Gasteiger partial charge in [-0.2, -0.15) is 0 Å². The number of carbonyl (C=O) groups excluding carboxylic acids is 1. The van der Waals surface area contributed by atoms with Crippen LogP contribution in [-0.4, -0.2) is 17.4 Å². The van der Waals surface area contributed by atoms with Crippen LogP contribution in [0.3, 0.4) is 0 Å². The smallest absolute Gasteiger partial charge is 0.254 e. The highest BCUT2D eigenvalue weighted by atomic mass is 19.1. The minimum atomic E-state index is -0.428. The molecular formula is C17H17FN2O. The predicted molar refractivity (Wildman–Crippen MR) is 80.3 cm³/mol. The Morgan fingerprint density at radius 3 is 2.81 bits per heavy atom. The molecule has 0 fully saturated rings. The molecule has 0 spiro atoms. The van der Waals surface area contributed by atoms with Crippen LogP contribution >= 0.6 is 0 Å². The molecule has 4 heteroatoms. The Kier molecular flexibility index (Phi) is 3.60. The molecule has 0 radical (unpaired) electrons. The van der Waals surface area contributed by atoms with Gasteiger partial charge < -0.3 is 10.6 Å². The average Bonchev–Trinajstić information content (AvgIpc) is 2.65. The number of carbonyl (C=O) groups is 1. The zero-order chi connectivity index (χ0) is 14.8. The van der Waals surface area contributed by atoms with Gasteiger partial charge in [-0.3, -0.25) is 4.79 Å². The third-order valence-electron chi connectivity index (χ3n) is 3.88. The van der Waals surface area contributed by atoms with E-state index in [-0.39, 0.29) is 18.1 Å². The molecule has 1 aliphatic heterocycles. The van der Waals surface area contributed by atoms with E-state index in [2.05, 4.69) is 0 Å². The molecule has 0 saturated carbocycles. The first-order valence-electron chi connectivity index (χ1n) is 7.07. The Hall–Kier alpha value is -2.36. The molecule has 3 rings (SSSR count). The Labute approximate surface area is 123 Å². The fourth-order valence-corrected chi connectivity index (χ4v) is 2.76. The van der Waals surface area contributed by atoms with Crippen molar-refractivity contribution < 1.29 is 9.18 Å². The monoisotopic (exact) mass is 284 g/mol. The van der Waals surface area contributed by atoms with E-state index in [0.29, 0.717) is 12.1 Å². The lowest BCUT2D eigenvalue weighted by atomic mass is 10.0. The summed E-state index contributed by atoms with van der Waals surface area (Å²) in [5, 5.41) is 0. The fourth-order valence-electron chi connectivity index (χ4n) is 2.76. The van der Waals surface area contributed by atoms with Gasteiger partial charge in [-0.1, -0.05) is 30.3 Å². The number of halogens is 1. The normalized spacial score (nSPS) is 14.7. The molecule has 21 heavy (non-hydrogen) atoms. The topological polar surface area (TPSA) is 46.3 Å². The van der Waals surface area contributed by atoms with Crippen LogP contribution in [-0.2, 0) is 13.0 Å². The second-order valence-electron chi connectivity index (χ2n) is 5.31. The van der Waals surface area contributed by atoms with Gasteiger partial charge in [-0.05, 0) is 30.5 Å². The van der Waals surface area contributed by atoms with E-state index < -0.39 is 5.82 Å². The molecule has 0 atom stereocenters. The molecule has 0 bridgehead atoms. The standard InChI is InChI=1S/C17H17FN2O/c18-16-13(6-3-9-15(16)19)11-20-10-4-7-12-5-1-2-8-14(12)17(20)21/h1-3,5-6,8-9H,4,7,10-11,19H2. The SMILES string of the molecule is Nc1cccc(CN2CCCc3ccccc3C2=O)c1F. The summed E-state index contributed by atoms with van der Waals surface area (Å²) >= 11 is 0. The molecular weight excluding hydrogens is 267 g/mol. The first kappa shape index (κ1) is 13.6. The highest BCUT2D eigenvalue weighted by Gasteiger charge is 2.23. The summed E-state index contributed by atoms with van der Waals surface area (Å²) in [5.74, 6) is -0.465. The maximum atomic E-state index is 14.0. The molecule has 0 unspecified atom stereocenters. The van der Waals surface area contributed by atoms with Gasteiger partial charge in [0.25, 0.3) is 5.91 Å². The number of rotatable bonds is 2. The van der Waals surface area contributed by atoms with Crippen LogP contribution in [0.1, 0.15) is 27.9 Å². The molecule has 1 aliphatic rings. The van der Waals surface area contributed by atoms with Crippen molar-refractivity contribution in [1.82, 2.24) is 4.90 Å². The van der Waals surface area contributed by atoms with E-state index in [1.165, 1.54) is 6.07 Å². The Morgan fingerprint density at radius 2 is 1.95 bits per heavy atom. The minimum absolute atomic E-state index is 0.0371. The van der Waals surface area contributed by atoms with Crippen molar-refractivity contribution in [3.05, 3.63) is 65.0 Å². The molecule has 108 valence electrons. The Bertz CT molecular complexity index is 684. The lowest BCUT2D eigenvalue weighted by molar-refractivity contribution is 0.0747. The van der Waals surface area contributed by atoms with Crippen LogP contribution in [0.2, 0.25) is 0 Å². The zero-order valence-corrected chi connectivity index (χ0v) is 11.7. The number of fused-ring (bicyclic) bond motifs is 1. The van der Waals surface area contributed by atoms with Crippen LogP contribution in [0.25, 0.3) is 0 Å². The predicted octanol–water partition coefficient (Wildman–Crippen LogP) is 3.00. The summed E-state index contributed by atoms with van der Waals surface area (Å²) < 4.78 is 14.0. The van der Waals surface area contributed by atoms with Crippen molar-refractivity contribution in [2.24, 2.45) is 0 Å². The number of benzene rings is 2. The van der Waals surface area contributed by atoms with Gasteiger partial charge in [0, 0.05) is 24.2 Å². The van der Waals surface area contributed by atoms with Crippen LogP contribution in [0.4, 0.5) is 10.1 Å². The highest BCUT2D eigenvalue weighted by molar-refractivity contribution is 5.96. The summed E-state index contributed by atoms with van der Waals surface area (Å²) in [4.78, 5) is 14.3. The lowest BCUT2D eigenvalue weighted by Gasteiger charge is -2.21. The molecule has 0 aromatic heterocycles. The quantitative estimate of drug-likeness (QED) is 0.862. The molecule has 2 N–H and O–H groups in total. The average molecular weight is 284 g/mol. The molecule has 0 aliphatic carbocycles. The summed E-state index contributed by atoms with van der Waals surface area (Å²) in [5.41, 5.74) is 7.96. The number of nitrogens with two attached hydrogens (primary N) is 1. The number of amides is 1. The van der Waals surface area contributed by atoms with Crippen molar-refractivity contribution in [3.63, 3.8) is 0 Å². The van der Waals surface area contributed by atoms with E-state index in [1.54, 1.807) is 17.0 Å². The van der Waals surface area contributed by atoms with Crippen molar-refractivity contribution in [1.29, 1.82) is 0 Å². The fraction of sp³-hybridized carbons (Fsp3) is 0.235. The van der Waals surface area contributed by atoms with E-state index in [0.717, 1.165) is 24.0 Å². The van der Waals surface area contributed by atoms with Crippen LogP contribution in [0.5, 0.6) is 0 Å². The van der Waals surface area contributed by atoms with Crippen molar-refractivity contribution in [2.45, 2.75) is 19.4 Å². The number of nitrogens with zero attached hydrogens (tertiary/aromatic N) is 1. The second kappa shape index (κ2) is 5.56. The number of aryl methyl sites for hydroxylation is 1. The van der Waals surface area contributed by atoms with Crippen LogP contribution in [0, 0.1) is 5.82 Å². The van der Waals surface area contributed by atoms with Gasteiger partial charge in [-0.15, -0.1) is 0 Å². The van der Waals surface area contributed by atoms with Gasteiger partial charge in [0.15, 0.2) is 5.82 Å². The molecule has 1 heterocycles. The Morgan fingerprint density at radius 1 is 1.14 bits per heavy atom. The third kappa shape index (κ3) is 2.61. The second-order valence-corrected chi connectivity index (χ2v) is 5.31. The first-order chi connectivity index (χ1) is 10.2. The maximum Gasteiger partial charge on any atom is 0.254 e. The largest absolute Gasteiger partial charge is 0.396 e. The van der Waals surface area contributed by atoms with Gasteiger partial charge >= 0.3 is 0 Å². The van der Waals surface area contributed by atoms with Crippen LogP contribution in [0.15, 0.2) is 42.5 Å². The van der Waals surface area contributed by atoms with E-state index >= 15 is 0 Å². The molecule has 3 nitrogen and oxygen atoms in total. The van der Waals surface area contributed by atoms with Crippen molar-refractivity contribution >= 4 is 11.6 Å². The number of nitrogen functional groups attached to an aromatic ring is 1. The molecule has 1 amide bonds.